The van der Waals surface area contributed by atoms with Crippen LogP contribution in [0.4, 0.5) is 10.5 Å². The van der Waals surface area contributed by atoms with Gasteiger partial charge in [0.05, 0.1) is 19.7 Å². The minimum absolute atomic E-state index is 0.321. The number of nitrogens with one attached hydrogen (secondary N) is 1. The van der Waals surface area contributed by atoms with Crippen molar-refractivity contribution in [2.75, 3.05) is 46.8 Å². The number of carbonyl (C=O) groups excluding carboxylic acids is 1. The molecule has 0 saturated heterocycles. The number of fused-ring (bicyclic) bond motifs is 1. The molecule has 0 fully saturated rings. The van der Waals surface area contributed by atoms with Crippen LogP contribution in [0.1, 0.15) is 11.1 Å². The summed E-state index contributed by atoms with van der Waals surface area (Å²) in [6, 6.07) is 9.09. The second-order valence-electron chi connectivity index (χ2n) is 7.56. The van der Waals surface area contributed by atoms with Gasteiger partial charge in [-0.1, -0.05) is 0 Å². The highest BCUT2D eigenvalue weighted by Gasteiger charge is 2.15. The van der Waals surface area contributed by atoms with Gasteiger partial charge < -0.3 is 23.8 Å². The number of hydrogen-bond donors (Lipinski definition) is 1. The fourth-order valence-electron chi connectivity index (χ4n) is 3.16. The molecule has 8 heteroatoms. The monoisotopic (exact) mass is 439 g/mol. The van der Waals surface area contributed by atoms with Crippen LogP contribution >= 0.6 is 0 Å². The summed E-state index contributed by atoms with van der Waals surface area (Å²) in [5.74, 6) is 2.52. The number of ether oxygens (including phenoxy) is 4. The molecule has 0 unspecified atom stereocenters. The first-order chi connectivity index (χ1) is 15.3. The number of rotatable bonds is 8. The molecule has 0 bridgehead atoms. The van der Waals surface area contributed by atoms with E-state index >= 15 is 0 Å². The quantitative estimate of drug-likeness (QED) is 0.541. The standard InChI is InChI=1S/C24H29N3O5/c1-15-16(2)20(8-7-18(15)26-24(28)31-12-11-27(3)4)32-21-9-10-25-19-14-23(30-6)22(29-5)13-17(19)21/h7-10,13-14H,11-12H2,1-6H3,(H,26,28). The fraction of sp³-hybridized carbons (Fsp3) is 0.333. The lowest BCUT2D eigenvalue weighted by atomic mass is 10.1. The zero-order valence-corrected chi connectivity index (χ0v) is 19.3. The normalized spacial score (nSPS) is 10.8. The van der Waals surface area contributed by atoms with Crippen LogP contribution in [0.25, 0.3) is 10.9 Å². The SMILES string of the molecule is COc1cc2nccc(Oc3ccc(NC(=O)OCCN(C)C)c(C)c3C)c2cc1OC. The highest BCUT2D eigenvalue weighted by molar-refractivity contribution is 5.89. The third-order valence-electron chi connectivity index (χ3n) is 5.17. The first-order valence-electron chi connectivity index (χ1n) is 10.2. The number of amides is 1. The number of benzene rings is 2. The Morgan fingerprint density at radius 1 is 0.969 bits per heavy atom. The number of pyridine rings is 1. The maximum Gasteiger partial charge on any atom is 0.411 e. The number of likely N-dealkylation sites (N-methyl/N-ethyl adjacent to an activating group) is 1. The van der Waals surface area contributed by atoms with Gasteiger partial charge in [0.1, 0.15) is 18.1 Å². The zero-order valence-electron chi connectivity index (χ0n) is 19.3. The van der Waals surface area contributed by atoms with Crippen molar-refractivity contribution in [3.8, 4) is 23.0 Å². The van der Waals surface area contributed by atoms with Gasteiger partial charge in [0.15, 0.2) is 11.5 Å². The van der Waals surface area contributed by atoms with E-state index in [1.807, 2.05) is 51.0 Å². The number of nitrogens with zero attached hydrogens (tertiary/aromatic N) is 2. The zero-order chi connectivity index (χ0) is 23.3. The van der Waals surface area contributed by atoms with E-state index < -0.39 is 6.09 Å². The number of aromatic nitrogens is 1. The largest absolute Gasteiger partial charge is 0.493 e. The molecule has 1 amide bonds. The van der Waals surface area contributed by atoms with Gasteiger partial charge in [-0.2, -0.15) is 0 Å². The third kappa shape index (κ3) is 5.20. The highest BCUT2D eigenvalue weighted by atomic mass is 16.5. The van der Waals surface area contributed by atoms with Crippen molar-refractivity contribution in [3.63, 3.8) is 0 Å². The van der Waals surface area contributed by atoms with E-state index in [1.54, 1.807) is 32.5 Å². The molecular formula is C24H29N3O5. The molecule has 0 aliphatic heterocycles. The van der Waals surface area contributed by atoms with Crippen LogP contribution in [0.3, 0.4) is 0 Å². The minimum atomic E-state index is -0.482. The number of carbonyl (C=O) groups is 1. The topological polar surface area (TPSA) is 82.2 Å². The van der Waals surface area contributed by atoms with Crippen molar-refractivity contribution in [1.29, 1.82) is 0 Å². The summed E-state index contributed by atoms with van der Waals surface area (Å²) >= 11 is 0. The number of hydrogen-bond acceptors (Lipinski definition) is 7. The Morgan fingerprint density at radius 3 is 2.38 bits per heavy atom. The Hall–Kier alpha value is -3.52. The van der Waals surface area contributed by atoms with Gasteiger partial charge in [-0.15, -0.1) is 0 Å². The van der Waals surface area contributed by atoms with Crippen molar-refractivity contribution in [3.05, 3.63) is 47.7 Å². The predicted molar refractivity (Wildman–Crippen MR) is 124 cm³/mol. The molecule has 0 atom stereocenters. The molecule has 32 heavy (non-hydrogen) atoms. The van der Waals surface area contributed by atoms with Crippen LogP contribution < -0.4 is 19.5 Å². The van der Waals surface area contributed by atoms with E-state index in [0.29, 0.717) is 41.8 Å². The average molecular weight is 440 g/mol. The van der Waals surface area contributed by atoms with E-state index in [2.05, 4.69) is 10.3 Å². The summed E-state index contributed by atoms with van der Waals surface area (Å²) in [4.78, 5) is 18.4. The van der Waals surface area contributed by atoms with Crippen molar-refractivity contribution < 1.29 is 23.7 Å². The molecule has 0 spiro atoms. The molecule has 0 aliphatic carbocycles. The second-order valence-corrected chi connectivity index (χ2v) is 7.56. The Morgan fingerprint density at radius 2 is 1.69 bits per heavy atom. The average Bonchev–Trinajstić information content (AvgIpc) is 2.77. The Labute approximate surface area is 188 Å². The van der Waals surface area contributed by atoms with Gasteiger partial charge in [-0.3, -0.25) is 10.3 Å². The van der Waals surface area contributed by atoms with Crippen LogP contribution in [0.15, 0.2) is 36.5 Å². The maximum absolute atomic E-state index is 12.1. The summed E-state index contributed by atoms with van der Waals surface area (Å²) in [7, 11) is 7.02. The molecule has 8 nitrogen and oxygen atoms in total. The summed E-state index contributed by atoms with van der Waals surface area (Å²) in [6.45, 7) is 4.85. The maximum atomic E-state index is 12.1. The van der Waals surface area contributed by atoms with Crippen molar-refractivity contribution in [2.24, 2.45) is 0 Å². The van der Waals surface area contributed by atoms with Crippen LogP contribution in [-0.4, -0.2) is 57.4 Å². The molecular weight excluding hydrogens is 410 g/mol. The lowest BCUT2D eigenvalue weighted by Crippen LogP contribution is -2.22. The smallest absolute Gasteiger partial charge is 0.411 e. The summed E-state index contributed by atoms with van der Waals surface area (Å²) in [5.41, 5.74) is 3.20. The molecule has 0 radical (unpaired) electrons. The van der Waals surface area contributed by atoms with Gasteiger partial charge in [-0.25, -0.2) is 4.79 Å². The summed E-state index contributed by atoms with van der Waals surface area (Å²) in [5, 5.41) is 3.60. The molecule has 1 N–H and O–H groups in total. The summed E-state index contributed by atoms with van der Waals surface area (Å²) in [6.07, 6.45) is 1.20. The minimum Gasteiger partial charge on any atom is -0.493 e. The van der Waals surface area contributed by atoms with Gasteiger partial charge >= 0.3 is 6.09 Å². The highest BCUT2D eigenvalue weighted by Crippen LogP contribution is 2.38. The Balaban J connectivity index is 1.83. The first-order valence-corrected chi connectivity index (χ1v) is 10.2. The molecule has 170 valence electrons. The van der Waals surface area contributed by atoms with Gasteiger partial charge in [0, 0.05) is 29.9 Å². The molecule has 1 aromatic heterocycles. The molecule has 1 heterocycles. The Kier molecular flexibility index (Phi) is 7.37. The molecule has 2 aromatic carbocycles. The molecule has 3 aromatic rings. The fourth-order valence-corrected chi connectivity index (χ4v) is 3.16. The van der Waals surface area contributed by atoms with Crippen molar-refractivity contribution >= 4 is 22.7 Å². The Bertz CT molecular complexity index is 1110. The number of methoxy groups -OCH3 is 2. The lowest BCUT2D eigenvalue weighted by Gasteiger charge is -2.17. The van der Waals surface area contributed by atoms with Crippen molar-refractivity contribution in [2.45, 2.75) is 13.8 Å². The lowest BCUT2D eigenvalue weighted by molar-refractivity contribution is 0.151. The van der Waals surface area contributed by atoms with E-state index in [9.17, 15) is 4.79 Å². The van der Waals surface area contributed by atoms with Crippen LogP contribution in [-0.2, 0) is 4.74 Å². The molecule has 3 rings (SSSR count). The van der Waals surface area contributed by atoms with Crippen LogP contribution in [0, 0.1) is 13.8 Å². The summed E-state index contributed by atoms with van der Waals surface area (Å²) < 4.78 is 22.2. The molecule has 0 aliphatic rings. The van der Waals surface area contributed by atoms with Gasteiger partial charge in [-0.05, 0) is 63.3 Å². The second kappa shape index (κ2) is 10.2. The van der Waals surface area contributed by atoms with Crippen LogP contribution in [0.2, 0.25) is 0 Å². The third-order valence-corrected chi connectivity index (χ3v) is 5.17. The van der Waals surface area contributed by atoms with Crippen LogP contribution in [0.5, 0.6) is 23.0 Å². The number of anilines is 1. The van der Waals surface area contributed by atoms with E-state index in [4.69, 9.17) is 18.9 Å². The van der Waals surface area contributed by atoms with E-state index in [0.717, 1.165) is 22.0 Å². The van der Waals surface area contributed by atoms with Gasteiger partial charge in [0.25, 0.3) is 0 Å². The predicted octanol–water partition coefficient (Wildman–Crippen LogP) is 4.77. The van der Waals surface area contributed by atoms with Crippen molar-refractivity contribution in [1.82, 2.24) is 9.88 Å². The van der Waals surface area contributed by atoms with E-state index in [1.165, 1.54) is 0 Å². The van der Waals surface area contributed by atoms with Gasteiger partial charge in [0.2, 0.25) is 0 Å². The first kappa shape index (κ1) is 23.1. The van der Waals surface area contributed by atoms with E-state index in [-0.39, 0.29) is 0 Å². The molecule has 0 saturated carbocycles.